The summed E-state index contributed by atoms with van der Waals surface area (Å²) in [6, 6.07) is 13.7. The molecule has 0 saturated heterocycles. The summed E-state index contributed by atoms with van der Waals surface area (Å²) in [5.41, 5.74) is 8.23. The van der Waals surface area contributed by atoms with E-state index in [0.717, 1.165) is 17.5 Å². The molecule has 0 radical (unpaired) electrons. The zero-order valence-electron chi connectivity index (χ0n) is 15.6. The molecule has 0 bridgehead atoms. The fourth-order valence-electron chi connectivity index (χ4n) is 2.54. The maximum absolute atomic E-state index is 12.2. The first-order chi connectivity index (χ1) is 12.9. The van der Waals surface area contributed by atoms with Crippen LogP contribution >= 0.6 is 23.8 Å². The second-order valence-corrected chi connectivity index (χ2v) is 7.08. The summed E-state index contributed by atoms with van der Waals surface area (Å²) in [6.07, 6.45) is 0.147. The number of hydrazine groups is 1. The van der Waals surface area contributed by atoms with E-state index in [2.05, 4.69) is 28.3 Å². The van der Waals surface area contributed by atoms with Crippen LogP contribution in [0.3, 0.4) is 0 Å². The number of hydrogen-bond donors (Lipinski definition) is 3. The van der Waals surface area contributed by atoms with E-state index in [-0.39, 0.29) is 5.91 Å². The number of carbonyl (C=O) groups is 1. The summed E-state index contributed by atoms with van der Waals surface area (Å²) < 4.78 is 5.79. The van der Waals surface area contributed by atoms with E-state index >= 15 is 0 Å². The Kier molecular flexibility index (Phi) is 7.88. The standard InChI is InChI=1S/C20H24ClN3O2S/c1-13-11-17(21)12-14(2)18(13)26-15(3)19(25)23-24-20(27)22-10-9-16-7-5-4-6-8-16/h4-8,11-12,15H,9-10H2,1-3H3,(H,23,25)(H2,22,24,27)/t15-/m0/s1. The topological polar surface area (TPSA) is 62.4 Å². The van der Waals surface area contributed by atoms with Gasteiger partial charge in [-0.2, -0.15) is 0 Å². The second kappa shape index (κ2) is 10.1. The first-order valence-corrected chi connectivity index (χ1v) is 9.46. The molecule has 1 atom stereocenters. The van der Waals surface area contributed by atoms with Crippen LogP contribution in [0.1, 0.15) is 23.6 Å². The van der Waals surface area contributed by atoms with Gasteiger partial charge in [0.05, 0.1) is 0 Å². The molecule has 2 aromatic rings. The summed E-state index contributed by atoms with van der Waals surface area (Å²) in [7, 11) is 0. The first kappa shape index (κ1) is 21.0. The highest BCUT2D eigenvalue weighted by atomic mass is 35.5. The minimum atomic E-state index is -0.691. The maximum Gasteiger partial charge on any atom is 0.279 e. The monoisotopic (exact) mass is 405 g/mol. The molecular weight excluding hydrogens is 382 g/mol. The minimum Gasteiger partial charge on any atom is -0.480 e. The molecule has 144 valence electrons. The molecule has 0 fully saturated rings. The second-order valence-electron chi connectivity index (χ2n) is 6.23. The summed E-state index contributed by atoms with van der Waals surface area (Å²) in [5.74, 6) is 0.335. The van der Waals surface area contributed by atoms with Gasteiger partial charge in [-0.1, -0.05) is 41.9 Å². The zero-order chi connectivity index (χ0) is 19.8. The molecule has 0 aromatic heterocycles. The van der Waals surface area contributed by atoms with E-state index < -0.39 is 6.10 Å². The van der Waals surface area contributed by atoms with E-state index in [9.17, 15) is 4.79 Å². The van der Waals surface area contributed by atoms with Crippen LogP contribution in [0.2, 0.25) is 5.02 Å². The highest BCUT2D eigenvalue weighted by molar-refractivity contribution is 7.80. The highest BCUT2D eigenvalue weighted by Crippen LogP contribution is 2.27. The van der Waals surface area contributed by atoms with Crippen molar-refractivity contribution < 1.29 is 9.53 Å². The average Bonchev–Trinajstić information content (AvgIpc) is 2.63. The number of amides is 1. The molecule has 5 nitrogen and oxygen atoms in total. The molecule has 7 heteroatoms. The molecule has 0 spiro atoms. The van der Waals surface area contributed by atoms with E-state index in [1.165, 1.54) is 5.56 Å². The van der Waals surface area contributed by atoms with Crippen molar-refractivity contribution in [3.8, 4) is 5.75 Å². The summed E-state index contributed by atoms with van der Waals surface area (Å²) in [5, 5.41) is 4.04. The summed E-state index contributed by atoms with van der Waals surface area (Å²) in [4.78, 5) is 12.2. The fourth-order valence-corrected chi connectivity index (χ4v) is 3.02. The van der Waals surface area contributed by atoms with E-state index in [4.69, 9.17) is 28.6 Å². The van der Waals surface area contributed by atoms with E-state index in [1.54, 1.807) is 19.1 Å². The van der Waals surface area contributed by atoms with Gasteiger partial charge in [-0.3, -0.25) is 15.6 Å². The smallest absolute Gasteiger partial charge is 0.279 e. The van der Waals surface area contributed by atoms with Crippen LogP contribution in [0.25, 0.3) is 0 Å². The van der Waals surface area contributed by atoms with Gasteiger partial charge in [0.25, 0.3) is 5.91 Å². The third kappa shape index (κ3) is 6.73. The number of ether oxygens (including phenoxy) is 1. The lowest BCUT2D eigenvalue weighted by Gasteiger charge is -2.19. The average molecular weight is 406 g/mol. The number of benzene rings is 2. The van der Waals surface area contributed by atoms with Crippen LogP contribution in [0.5, 0.6) is 5.75 Å². The fraction of sp³-hybridized carbons (Fsp3) is 0.300. The number of rotatable bonds is 6. The Balaban J connectivity index is 1.75. The molecular formula is C20H24ClN3O2S. The Hall–Kier alpha value is -2.31. The van der Waals surface area contributed by atoms with Gasteiger partial charge in [0, 0.05) is 11.6 Å². The molecule has 0 saturated carbocycles. The Morgan fingerprint density at radius 2 is 1.78 bits per heavy atom. The van der Waals surface area contributed by atoms with Crippen molar-refractivity contribution in [3.63, 3.8) is 0 Å². The lowest BCUT2D eigenvalue weighted by Crippen LogP contribution is -2.50. The van der Waals surface area contributed by atoms with Crippen molar-refractivity contribution in [2.75, 3.05) is 6.54 Å². The van der Waals surface area contributed by atoms with Gasteiger partial charge in [-0.25, -0.2) is 0 Å². The van der Waals surface area contributed by atoms with Gasteiger partial charge in [-0.15, -0.1) is 0 Å². The lowest BCUT2D eigenvalue weighted by atomic mass is 10.1. The highest BCUT2D eigenvalue weighted by Gasteiger charge is 2.17. The number of hydrogen-bond acceptors (Lipinski definition) is 3. The van der Waals surface area contributed by atoms with E-state index in [0.29, 0.717) is 22.4 Å². The van der Waals surface area contributed by atoms with Gasteiger partial charge in [-0.05, 0) is 68.2 Å². The Labute approximate surface area is 170 Å². The lowest BCUT2D eigenvalue weighted by molar-refractivity contribution is -0.127. The normalized spacial score (nSPS) is 11.4. The molecule has 0 unspecified atom stereocenters. The SMILES string of the molecule is Cc1cc(Cl)cc(C)c1O[C@@H](C)C(=O)NNC(=S)NCCc1ccccc1. The zero-order valence-corrected chi connectivity index (χ0v) is 17.2. The third-order valence-electron chi connectivity index (χ3n) is 3.93. The molecule has 0 aliphatic rings. The number of thiocarbonyl (C=S) groups is 1. The van der Waals surface area contributed by atoms with Crippen molar-refractivity contribution in [1.29, 1.82) is 0 Å². The van der Waals surface area contributed by atoms with Crippen LogP contribution in [0.4, 0.5) is 0 Å². The van der Waals surface area contributed by atoms with E-state index in [1.807, 2.05) is 32.0 Å². The van der Waals surface area contributed by atoms with Crippen molar-refractivity contribution >= 4 is 34.8 Å². The van der Waals surface area contributed by atoms with Crippen LogP contribution in [0.15, 0.2) is 42.5 Å². The summed E-state index contributed by atoms with van der Waals surface area (Å²) >= 11 is 11.2. The molecule has 1 amide bonds. The van der Waals surface area contributed by atoms with Gasteiger partial charge >= 0.3 is 0 Å². The number of aryl methyl sites for hydroxylation is 2. The van der Waals surface area contributed by atoms with Crippen molar-refractivity contribution in [2.24, 2.45) is 0 Å². The van der Waals surface area contributed by atoms with Crippen LogP contribution in [0, 0.1) is 13.8 Å². The van der Waals surface area contributed by atoms with Gasteiger partial charge in [0.1, 0.15) is 5.75 Å². The predicted octanol–water partition coefficient (Wildman–Crippen LogP) is 3.46. The van der Waals surface area contributed by atoms with Gasteiger partial charge < -0.3 is 10.1 Å². The number of carbonyl (C=O) groups excluding carboxylic acids is 1. The third-order valence-corrected chi connectivity index (χ3v) is 4.39. The Morgan fingerprint density at radius 3 is 2.41 bits per heavy atom. The van der Waals surface area contributed by atoms with Crippen LogP contribution < -0.4 is 20.9 Å². The Bertz CT molecular complexity index is 776. The van der Waals surface area contributed by atoms with Crippen molar-refractivity contribution in [2.45, 2.75) is 33.3 Å². The molecule has 2 aromatic carbocycles. The minimum absolute atomic E-state index is 0.323. The summed E-state index contributed by atoms with van der Waals surface area (Å²) in [6.45, 7) is 6.13. The molecule has 0 aliphatic carbocycles. The number of nitrogens with one attached hydrogen (secondary N) is 3. The largest absolute Gasteiger partial charge is 0.480 e. The van der Waals surface area contributed by atoms with Crippen molar-refractivity contribution in [3.05, 3.63) is 64.2 Å². The van der Waals surface area contributed by atoms with Gasteiger partial charge in [0.2, 0.25) is 0 Å². The Morgan fingerprint density at radius 1 is 1.15 bits per heavy atom. The maximum atomic E-state index is 12.2. The molecule has 27 heavy (non-hydrogen) atoms. The molecule has 0 aliphatic heterocycles. The molecule has 0 heterocycles. The first-order valence-electron chi connectivity index (χ1n) is 8.68. The quantitative estimate of drug-likeness (QED) is 0.507. The molecule has 3 N–H and O–H groups in total. The molecule has 2 rings (SSSR count). The van der Waals surface area contributed by atoms with Crippen molar-refractivity contribution in [1.82, 2.24) is 16.2 Å². The van der Waals surface area contributed by atoms with Gasteiger partial charge in [0.15, 0.2) is 11.2 Å². The van der Waals surface area contributed by atoms with Crippen LogP contribution in [-0.2, 0) is 11.2 Å². The predicted molar refractivity (Wildman–Crippen MR) is 113 cm³/mol. The van der Waals surface area contributed by atoms with Crippen LogP contribution in [-0.4, -0.2) is 23.7 Å². The number of halogens is 1.